The molecule has 0 aromatic heterocycles. The lowest BCUT2D eigenvalue weighted by atomic mass is 10.1. The Hall–Kier alpha value is -0.580. The number of ether oxygens (including phenoxy) is 1. The average Bonchev–Trinajstić information content (AvgIpc) is 2.42. The van der Waals surface area contributed by atoms with Crippen LogP contribution in [-0.4, -0.2) is 10.4 Å². The maximum atomic E-state index is 11.1. The fraction of sp³-hybridized carbons (Fsp3) is 0.562. The third kappa shape index (κ3) is 7.55. The van der Waals surface area contributed by atoms with Gasteiger partial charge in [0.1, 0.15) is 5.75 Å². The summed E-state index contributed by atoms with van der Waals surface area (Å²) >= 11 is 1.79. The Morgan fingerprint density at radius 1 is 1.00 bits per heavy atom. The maximum Gasteiger partial charge on any atom is 0.222 e. The van der Waals surface area contributed by atoms with Gasteiger partial charge in [0, 0.05) is 28.2 Å². The van der Waals surface area contributed by atoms with Crippen LogP contribution < -0.4 is 4.74 Å². The zero-order valence-electron chi connectivity index (χ0n) is 11.7. The summed E-state index contributed by atoms with van der Waals surface area (Å²) in [5, 5.41) is 0. The number of hydrogen-bond donors (Lipinski definition) is 0. The fourth-order valence-corrected chi connectivity index (χ4v) is 2.29. The normalized spacial score (nSPS) is 10.4. The molecule has 2 nitrogen and oxygen atoms in total. The van der Waals surface area contributed by atoms with Crippen molar-refractivity contribution in [2.75, 3.05) is 6.61 Å². The third-order valence-electron chi connectivity index (χ3n) is 3.10. The lowest BCUT2D eigenvalue weighted by Crippen LogP contribution is -1.97. The molecule has 0 spiro atoms. The van der Waals surface area contributed by atoms with Gasteiger partial charge in [-0.1, -0.05) is 45.4 Å². The molecule has 1 aromatic rings. The van der Waals surface area contributed by atoms with Gasteiger partial charge in [0.15, 0.2) is 0 Å². The molecule has 1 aromatic carbocycles. The summed E-state index contributed by atoms with van der Waals surface area (Å²) in [7, 11) is 0. The summed E-state index contributed by atoms with van der Waals surface area (Å²) in [6.45, 7) is 3.01. The van der Waals surface area contributed by atoms with Crippen molar-refractivity contribution in [3.8, 4) is 5.75 Å². The molecule has 0 unspecified atom stereocenters. The van der Waals surface area contributed by atoms with Crippen LogP contribution in [0.3, 0.4) is 0 Å². The number of rotatable bonds is 10. The van der Waals surface area contributed by atoms with Crippen LogP contribution >= 0.6 is 22.6 Å². The quantitative estimate of drug-likeness (QED) is 0.312. The lowest BCUT2D eigenvalue weighted by molar-refractivity contribution is 0.110. The number of hydrogen-bond acceptors (Lipinski definition) is 2. The van der Waals surface area contributed by atoms with Gasteiger partial charge in [-0.2, -0.15) is 0 Å². The Bertz CT molecular complexity index is 360. The number of benzene rings is 1. The first-order valence-corrected chi connectivity index (χ1v) is 8.24. The monoisotopic (exact) mass is 374 g/mol. The smallest absolute Gasteiger partial charge is 0.222 e. The van der Waals surface area contributed by atoms with Crippen LogP contribution in [0.25, 0.3) is 0 Å². The first-order valence-electron chi connectivity index (χ1n) is 7.16. The predicted molar refractivity (Wildman–Crippen MR) is 88.3 cm³/mol. The lowest BCUT2D eigenvalue weighted by Gasteiger charge is -2.06. The van der Waals surface area contributed by atoms with Gasteiger partial charge in [-0.05, 0) is 30.7 Å². The zero-order valence-corrected chi connectivity index (χ0v) is 13.8. The Morgan fingerprint density at radius 3 is 2.16 bits per heavy atom. The highest BCUT2D eigenvalue weighted by molar-refractivity contribution is 14.1. The molecule has 0 aliphatic heterocycles. The summed E-state index contributed by atoms with van der Waals surface area (Å²) in [5.74, 6) is 0.854. The molecule has 0 aliphatic carbocycles. The van der Waals surface area contributed by atoms with Crippen LogP contribution in [0.5, 0.6) is 5.75 Å². The van der Waals surface area contributed by atoms with E-state index in [1.807, 2.05) is 24.3 Å². The van der Waals surface area contributed by atoms with E-state index in [4.69, 9.17) is 4.74 Å². The minimum absolute atomic E-state index is 0.0660. The molecule has 0 atom stereocenters. The molecule has 0 saturated carbocycles. The summed E-state index contributed by atoms with van der Waals surface area (Å²) in [6.07, 6.45) is 9.04. The van der Waals surface area contributed by atoms with Crippen molar-refractivity contribution in [2.24, 2.45) is 0 Å². The van der Waals surface area contributed by atoms with Crippen molar-refractivity contribution in [1.82, 2.24) is 0 Å². The molecule has 0 saturated heterocycles. The molecular weight excluding hydrogens is 351 g/mol. The highest BCUT2D eigenvalue weighted by Gasteiger charge is 2.00. The third-order valence-corrected chi connectivity index (χ3v) is 3.72. The fourth-order valence-electron chi connectivity index (χ4n) is 1.93. The largest absolute Gasteiger partial charge is 0.494 e. The molecule has 1 rings (SSSR count). The highest BCUT2D eigenvalue weighted by atomic mass is 127. The zero-order chi connectivity index (χ0) is 13.9. The van der Waals surface area contributed by atoms with Crippen molar-refractivity contribution >= 4 is 26.4 Å². The number of carbonyl (C=O) groups is 1. The molecule has 0 bridgehead atoms. The van der Waals surface area contributed by atoms with Crippen molar-refractivity contribution < 1.29 is 9.53 Å². The van der Waals surface area contributed by atoms with Gasteiger partial charge in [0.25, 0.3) is 0 Å². The average molecular weight is 374 g/mol. The van der Waals surface area contributed by atoms with Crippen molar-refractivity contribution in [2.45, 2.75) is 51.9 Å². The molecule has 0 radical (unpaired) electrons. The van der Waals surface area contributed by atoms with Crippen LogP contribution in [0.1, 0.15) is 62.2 Å². The Balaban J connectivity index is 2.07. The minimum atomic E-state index is 0.0660. The first kappa shape index (κ1) is 16.5. The maximum absolute atomic E-state index is 11.1. The van der Waals surface area contributed by atoms with Crippen LogP contribution in [0, 0.1) is 0 Å². The molecule has 0 heterocycles. The van der Waals surface area contributed by atoms with E-state index in [1.165, 1.54) is 38.5 Å². The second-order valence-electron chi connectivity index (χ2n) is 4.77. The summed E-state index contributed by atoms with van der Waals surface area (Å²) in [6, 6.07) is 7.37. The summed E-state index contributed by atoms with van der Waals surface area (Å²) in [4.78, 5) is 11.1. The topological polar surface area (TPSA) is 26.3 Å². The van der Waals surface area contributed by atoms with Crippen LogP contribution in [-0.2, 0) is 0 Å². The number of unbranched alkanes of at least 4 members (excludes halogenated alkanes) is 6. The van der Waals surface area contributed by atoms with E-state index in [0.717, 1.165) is 24.3 Å². The van der Waals surface area contributed by atoms with E-state index in [-0.39, 0.29) is 3.79 Å². The van der Waals surface area contributed by atoms with E-state index in [1.54, 1.807) is 22.6 Å². The van der Waals surface area contributed by atoms with Crippen LogP contribution in [0.2, 0.25) is 0 Å². The minimum Gasteiger partial charge on any atom is -0.494 e. The number of halogens is 1. The van der Waals surface area contributed by atoms with E-state index >= 15 is 0 Å². The van der Waals surface area contributed by atoms with Gasteiger partial charge < -0.3 is 4.74 Å². The highest BCUT2D eigenvalue weighted by Crippen LogP contribution is 2.15. The van der Waals surface area contributed by atoms with E-state index in [9.17, 15) is 4.79 Å². The van der Waals surface area contributed by atoms with Gasteiger partial charge in [0.2, 0.25) is 3.79 Å². The summed E-state index contributed by atoms with van der Waals surface area (Å²) in [5.41, 5.74) is 0.726. The number of carbonyl (C=O) groups excluding carboxylic acids is 1. The first-order chi connectivity index (χ1) is 9.24. The van der Waals surface area contributed by atoms with Crippen LogP contribution in [0.15, 0.2) is 24.3 Å². The molecule has 106 valence electrons. The molecule has 3 heteroatoms. The molecule has 0 aliphatic rings. The Morgan fingerprint density at radius 2 is 1.58 bits per heavy atom. The van der Waals surface area contributed by atoms with Gasteiger partial charge in [-0.15, -0.1) is 0 Å². The van der Waals surface area contributed by atoms with Crippen molar-refractivity contribution in [3.63, 3.8) is 0 Å². The van der Waals surface area contributed by atoms with Crippen molar-refractivity contribution in [3.05, 3.63) is 29.8 Å². The van der Waals surface area contributed by atoms with Gasteiger partial charge in [0.05, 0.1) is 6.61 Å². The van der Waals surface area contributed by atoms with Crippen molar-refractivity contribution in [1.29, 1.82) is 0 Å². The molecule has 19 heavy (non-hydrogen) atoms. The van der Waals surface area contributed by atoms with Gasteiger partial charge in [-0.3, -0.25) is 4.79 Å². The summed E-state index contributed by atoms with van der Waals surface area (Å²) < 4.78 is 5.72. The van der Waals surface area contributed by atoms with E-state index < -0.39 is 0 Å². The second kappa shape index (κ2) is 10.2. The van der Waals surface area contributed by atoms with E-state index in [0.29, 0.717) is 0 Å². The molecular formula is C16H23IO2. The van der Waals surface area contributed by atoms with E-state index in [2.05, 4.69) is 6.92 Å². The van der Waals surface area contributed by atoms with Gasteiger partial charge >= 0.3 is 0 Å². The predicted octanol–water partition coefficient (Wildman–Crippen LogP) is 5.39. The SMILES string of the molecule is CCCCCCCCCOc1ccc(C(=O)I)cc1. The Labute approximate surface area is 130 Å². The second-order valence-corrected chi connectivity index (χ2v) is 5.75. The van der Waals surface area contributed by atoms with Crippen LogP contribution in [0.4, 0.5) is 0 Å². The van der Waals surface area contributed by atoms with Gasteiger partial charge in [-0.25, -0.2) is 0 Å². The molecule has 0 N–H and O–H groups in total. The molecule has 0 fully saturated rings. The Kier molecular flexibility index (Phi) is 8.88. The molecule has 0 amide bonds. The standard InChI is InChI=1S/C16H23IO2/c1-2-3-4-5-6-7-8-13-19-15-11-9-14(10-12-15)16(17)18/h9-12H,2-8,13H2,1H3.